The highest BCUT2D eigenvalue weighted by Crippen LogP contribution is 2.40. The third-order valence-corrected chi connectivity index (χ3v) is 5.48. The first-order chi connectivity index (χ1) is 15.7. The van der Waals surface area contributed by atoms with Crippen LogP contribution in [0.15, 0.2) is 72.8 Å². The van der Waals surface area contributed by atoms with E-state index in [1.807, 2.05) is 60.7 Å². The van der Waals surface area contributed by atoms with Crippen molar-refractivity contribution >= 4 is 0 Å². The zero-order chi connectivity index (χ0) is 22.3. The van der Waals surface area contributed by atoms with Gasteiger partial charge in [0.25, 0.3) is 0 Å². The van der Waals surface area contributed by atoms with Gasteiger partial charge in [0.15, 0.2) is 35.2 Å². The Morgan fingerprint density at radius 2 is 1.44 bits per heavy atom. The molecule has 3 atom stereocenters. The molecule has 0 saturated carbocycles. The molecular formula is C26H29NO5. The van der Waals surface area contributed by atoms with Crippen molar-refractivity contribution < 1.29 is 23.7 Å². The fraction of sp³-hybridized carbons (Fsp3) is 0.308. The zero-order valence-electron chi connectivity index (χ0n) is 18.6. The molecule has 3 aromatic rings. The Labute approximate surface area is 189 Å². The number of hydrogen-bond donors (Lipinski definition) is 1. The Kier molecular flexibility index (Phi) is 7.02. The van der Waals surface area contributed by atoms with Crippen LogP contribution in [0.3, 0.4) is 0 Å². The molecule has 0 amide bonds. The monoisotopic (exact) mass is 435 g/mol. The number of para-hydroxylation sites is 3. The van der Waals surface area contributed by atoms with Gasteiger partial charge in [0.1, 0.15) is 6.61 Å². The smallest absolute Gasteiger partial charge is 0.203 e. The van der Waals surface area contributed by atoms with Crippen molar-refractivity contribution in [2.24, 2.45) is 0 Å². The molecule has 0 fully saturated rings. The van der Waals surface area contributed by atoms with Gasteiger partial charge < -0.3 is 29.0 Å². The van der Waals surface area contributed by atoms with Gasteiger partial charge in [-0.1, -0.05) is 48.5 Å². The average Bonchev–Trinajstić information content (AvgIpc) is 2.86. The third kappa shape index (κ3) is 4.75. The van der Waals surface area contributed by atoms with Crippen molar-refractivity contribution in [2.45, 2.75) is 25.2 Å². The van der Waals surface area contributed by atoms with Crippen LogP contribution in [0.2, 0.25) is 0 Å². The minimum atomic E-state index is -0.219. The Hall–Kier alpha value is -3.38. The number of methoxy groups -OCH3 is 2. The minimum absolute atomic E-state index is 0.0109. The first kappa shape index (κ1) is 21.8. The van der Waals surface area contributed by atoms with Gasteiger partial charge in [0, 0.05) is 12.6 Å². The summed E-state index contributed by atoms with van der Waals surface area (Å²) < 4.78 is 29.5. The summed E-state index contributed by atoms with van der Waals surface area (Å²) in [6.07, 6.45) is -0.420. The molecule has 6 heteroatoms. The molecular weight excluding hydrogens is 406 g/mol. The van der Waals surface area contributed by atoms with E-state index in [4.69, 9.17) is 23.7 Å². The molecule has 4 rings (SSSR count). The van der Waals surface area contributed by atoms with Crippen LogP contribution in [-0.4, -0.2) is 39.5 Å². The summed E-state index contributed by atoms with van der Waals surface area (Å²) in [5, 5.41) is 3.52. The van der Waals surface area contributed by atoms with Crippen LogP contribution in [0.25, 0.3) is 0 Å². The quantitative estimate of drug-likeness (QED) is 0.494. The molecule has 1 N–H and O–H groups in total. The van der Waals surface area contributed by atoms with Gasteiger partial charge in [-0.3, -0.25) is 0 Å². The maximum Gasteiger partial charge on any atom is 0.203 e. The Balaban J connectivity index is 1.42. The van der Waals surface area contributed by atoms with Crippen molar-refractivity contribution in [3.63, 3.8) is 0 Å². The minimum Gasteiger partial charge on any atom is -0.493 e. The fourth-order valence-corrected chi connectivity index (χ4v) is 3.84. The predicted molar refractivity (Wildman–Crippen MR) is 123 cm³/mol. The molecule has 0 aliphatic carbocycles. The van der Waals surface area contributed by atoms with E-state index in [1.54, 1.807) is 14.2 Å². The molecule has 1 aliphatic rings. The maximum atomic E-state index is 6.38. The lowest BCUT2D eigenvalue weighted by molar-refractivity contribution is 0.000390. The molecule has 168 valence electrons. The first-order valence-electron chi connectivity index (χ1n) is 10.8. The Morgan fingerprint density at radius 1 is 0.812 bits per heavy atom. The summed E-state index contributed by atoms with van der Waals surface area (Å²) in [6.45, 7) is 3.16. The lowest BCUT2D eigenvalue weighted by Crippen LogP contribution is -2.48. The third-order valence-electron chi connectivity index (χ3n) is 5.48. The highest BCUT2D eigenvalue weighted by atomic mass is 16.6. The van der Waals surface area contributed by atoms with Gasteiger partial charge in [-0.2, -0.15) is 0 Å². The van der Waals surface area contributed by atoms with Crippen molar-refractivity contribution in [2.75, 3.05) is 27.4 Å². The first-order valence-corrected chi connectivity index (χ1v) is 10.8. The van der Waals surface area contributed by atoms with Crippen LogP contribution in [0.1, 0.15) is 18.6 Å². The molecule has 6 nitrogen and oxygen atoms in total. The zero-order valence-corrected chi connectivity index (χ0v) is 18.6. The highest BCUT2D eigenvalue weighted by molar-refractivity contribution is 5.51. The van der Waals surface area contributed by atoms with Crippen LogP contribution in [0.4, 0.5) is 0 Å². The molecule has 1 heterocycles. The molecule has 3 aromatic carbocycles. The summed E-state index contributed by atoms with van der Waals surface area (Å²) in [5.41, 5.74) is 1.08. The summed E-state index contributed by atoms with van der Waals surface area (Å²) in [5.74, 6) is 3.40. The molecule has 0 bridgehead atoms. The normalized spacial score (nSPS) is 18.0. The topological polar surface area (TPSA) is 58.2 Å². The van der Waals surface area contributed by atoms with Crippen molar-refractivity contribution in [1.82, 2.24) is 5.32 Å². The van der Waals surface area contributed by atoms with E-state index in [1.165, 1.54) is 0 Å². The summed E-state index contributed by atoms with van der Waals surface area (Å²) in [4.78, 5) is 0. The van der Waals surface area contributed by atoms with Crippen LogP contribution < -0.4 is 29.0 Å². The SMILES string of the molecule is COc1cccc(OC)c1OCCN[C@@H](C)[C@H]1Oc2ccccc2O[C@@H]1c1ccccc1. The Bertz CT molecular complexity index is 988. The van der Waals surface area contributed by atoms with Gasteiger partial charge in [0.2, 0.25) is 5.75 Å². The predicted octanol–water partition coefficient (Wildman–Crippen LogP) is 4.64. The fourth-order valence-electron chi connectivity index (χ4n) is 3.84. The lowest BCUT2D eigenvalue weighted by atomic mass is 9.98. The van der Waals surface area contributed by atoms with E-state index in [0.717, 1.165) is 17.1 Å². The molecule has 0 radical (unpaired) electrons. The van der Waals surface area contributed by atoms with E-state index in [9.17, 15) is 0 Å². The molecule has 0 spiro atoms. The number of benzene rings is 3. The van der Waals surface area contributed by atoms with E-state index < -0.39 is 0 Å². The van der Waals surface area contributed by atoms with Crippen LogP contribution in [0.5, 0.6) is 28.7 Å². The average molecular weight is 436 g/mol. The summed E-state index contributed by atoms with van der Waals surface area (Å²) in [6, 6.07) is 23.5. The lowest BCUT2D eigenvalue weighted by Gasteiger charge is -2.37. The van der Waals surface area contributed by atoms with Crippen LogP contribution in [-0.2, 0) is 0 Å². The second-order valence-electron chi connectivity index (χ2n) is 7.56. The van der Waals surface area contributed by atoms with E-state index in [2.05, 4.69) is 24.4 Å². The number of fused-ring (bicyclic) bond motifs is 1. The standard InChI is InChI=1S/C26H29NO5/c1-18(27-16-17-30-26-22(28-2)14-9-15-23(26)29-3)24-25(19-10-5-4-6-11-19)32-21-13-8-7-12-20(21)31-24/h4-15,18,24-25,27H,16-17H2,1-3H3/t18-,24+,25+/m0/s1. The van der Waals surface area contributed by atoms with Crippen molar-refractivity contribution in [3.05, 3.63) is 78.4 Å². The second-order valence-corrected chi connectivity index (χ2v) is 7.56. The second kappa shape index (κ2) is 10.3. The van der Waals surface area contributed by atoms with Gasteiger partial charge in [-0.15, -0.1) is 0 Å². The number of nitrogens with one attached hydrogen (secondary N) is 1. The molecule has 1 aliphatic heterocycles. The van der Waals surface area contributed by atoms with Crippen LogP contribution >= 0.6 is 0 Å². The van der Waals surface area contributed by atoms with Crippen LogP contribution in [0, 0.1) is 0 Å². The summed E-state index contributed by atoms with van der Waals surface area (Å²) >= 11 is 0. The van der Waals surface area contributed by atoms with Gasteiger partial charge in [-0.05, 0) is 36.8 Å². The largest absolute Gasteiger partial charge is 0.493 e. The van der Waals surface area contributed by atoms with Gasteiger partial charge >= 0.3 is 0 Å². The molecule has 0 saturated heterocycles. The van der Waals surface area contributed by atoms with Crippen molar-refractivity contribution in [1.29, 1.82) is 0 Å². The number of rotatable bonds is 9. The Morgan fingerprint density at radius 3 is 2.09 bits per heavy atom. The highest BCUT2D eigenvalue weighted by Gasteiger charge is 2.36. The van der Waals surface area contributed by atoms with E-state index >= 15 is 0 Å². The van der Waals surface area contributed by atoms with Gasteiger partial charge in [0.05, 0.1) is 14.2 Å². The van der Waals surface area contributed by atoms with E-state index in [0.29, 0.717) is 30.4 Å². The summed E-state index contributed by atoms with van der Waals surface area (Å²) in [7, 11) is 3.23. The number of ether oxygens (including phenoxy) is 5. The molecule has 0 aromatic heterocycles. The maximum absolute atomic E-state index is 6.38. The van der Waals surface area contributed by atoms with E-state index in [-0.39, 0.29) is 18.2 Å². The van der Waals surface area contributed by atoms with Crippen molar-refractivity contribution in [3.8, 4) is 28.7 Å². The molecule has 0 unspecified atom stereocenters. The number of hydrogen-bond acceptors (Lipinski definition) is 6. The van der Waals surface area contributed by atoms with Gasteiger partial charge in [-0.25, -0.2) is 0 Å². The molecule has 32 heavy (non-hydrogen) atoms.